The molecular formula is C13H22ClN3O. The van der Waals surface area contributed by atoms with Crippen LogP contribution in [0.4, 0.5) is 0 Å². The average molecular weight is 272 g/mol. The second-order valence-corrected chi connectivity index (χ2v) is 4.83. The van der Waals surface area contributed by atoms with Crippen molar-refractivity contribution in [3.8, 4) is 0 Å². The second kappa shape index (κ2) is 5.76. The van der Waals surface area contributed by atoms with Gasteiger partial charge in [-0.15, -0.1) is 12.4 Å². The molecule has 2 N–H and O–H groups in total. The number of halogens is 1. The number of carbonyl (C=O) groups excluding carboxylic acids is 1. The van der Waals surface area contributed by atoms with E-state index in [1.54, 1.807) is 0 Å². The highest BCUT2D eigenvalue weighted by Gasteiger charge is 2.26. The van der Waals surface area contributed by atoms with E-state index in [2.05, 4.69) is 11.5 Å². The van der Waals surface area contributed by atoms with E-state index in [1.807, 2.05) is 24.8 Å². The van der Waals surface area contributed by atoms with Crippen molar-refractivity contribution in [1.29, 1.82) is 0 Å². The van der Waals surface area contributed by atoms with E-state index < -0.39 is 0 Å². The van der Waals surface area contributed by atoms with Gasteiger partial charge in [-0.25, -0.2) is 0 Å². The van der Waals surface area contributed by atoms with Gasteiger partial charge in [0.25, 0.3) is 5.91 Å². The van der Waals surface area contributed by atoms with Crippen molar-refractivity contribution in [2.45, 2.75) is 39.8 Å². The lowest BCUT2D eigenvalue weighted by molar-refractivity contribution is 0.0790. The minimum absolute atomic E-state index is 0. The molecule has 4 nitrogen and oxygen atoms in total. The summed E-state index contributed by atoms with van der Waals surface area (Å²) in [5.41, 5.74) is 8.89. The number of amides is 1. The normalized spacial score (nSPS) is 18.9. The number of aromatic nitrogens is 1. The summed E-state index contributed by atoms with van der Waals surface area (Å²) < 4.78 is 2.17. The fourth-order valence-electron chi connectivity index (χ4n) is 2.65. The third-order valence-electron chi connectivity index (χ3n) is 3.63. The zero-order valence-corrected chi connectivity index (χ0v) is 12.1. The van der Waals surface area contributed by atoms with E-state index in [0.717, 1.165) is 36.5 Å². The Kier molecular flexibility index (Phi) is 4.82. The van der Waals surface area contributed by atoms with Crippen molar-refractivity contribution in [3.05, 3.63) is 23.0 Å². The third-order valence-corrected chi connectivity index (χ3v) is 3.63. The van der Waals surface area contributed by atoms with Crippen LogP contribution >= 0.6 is 12.4 Å². The quantitative estimate of drug-likeness (QED) is 0.890. The predicted octanol–water partition coefficient (Wildman–Crippen LogP) is 1.72. The van der Waals surface area contributed by atoms with E-state index in [1.165, 1.54) is 0 Å². The van der Waals surface area contributed by atoms with Gasteiger partial charge in [0.1, 0.15) is 0 Å². The summed E-state index contributed by atoms with van der Waals surface area (Å²) in [5, 5.41) is 0. The summed E-state index contributed by atoms with van der Waals surface area (Å²) in [6, 6.07) is 2.14. The third kappa shape index (κ3) is 2.54. The molecule has 0 radical (unpaired) electrons. The largest absolute Gasteiger partial charge is 0.349 e. The average Bonchev–Trinajstić information content (AvgIpc) is 2.83. The van der Waals surface area contributed by atoms with Crippen LogP contribution in [0.2, 0.25) is 0 Å². The molecule has 0 aromatic carbocycles. The summed E-state index contributed by atoms with van der Waals surface area (Å²) in [5.74, 6) is 0.130. The summed E-state index contributed by atoms with van der Waals surface area (Å²) in [6.07, 6.45) is 0.915. The van der Waals surface area contributed by atoms with E-state index >= 15 is 0 Å². The molecule has 1 aromatic rings. The lowest BCUT2D eigenvalue weighted by Crippen LogP contribution is -2.32. The topological polar surface area (TPSA) is 51.3 Å². The SMILES string of the molecule is CCn1c(C)cc(C(=O)N2CC[C@@H](N)C2)c1C.Cl. The van der Waals surface area contributed by atoms with Gasteiger partial charge in [-0.2, -0.15) is 0 Å². The monoisotopic (exact) mass is 271 g/mol. The van der Waals surface area contributed by atoms with E-state index in [-0.39, 0.29) is 24.4 Å². The van der Waals surface area contributed by atoms with Gasteiger partial charge in [0.2, 0.25) is 0 Å². The van der Waals surface area contributed by atoms with E-state index in [4.69, 9.17) is 5.73 Å². The van der Waals surface area contributed by atoms with Crippen molar-refractivity contribution in [2.24, 2.45) is 5.73 Å². The highest BCUT2D eigenvalue weighted by Crippen LogP contribution is 2.19. The Hall–Kier alpha value is -1.00. The van der Waals surface area contributed by atoms with Crippen molar-refractivity contribution >= 4 is 18.3 Å². The van der Waals surface area contributed by atoms with Crippen molar-refractivity contribution in [1.82, 2.24) is 9.47 Å². The van der Waals surface area contributed by atoms with Gasteiger partial charge in [-0.05, 0) is 33.3 Å². The molecule has 1 atom stereocenters. The molecule has 1 saturated heterocycles. The van der Waals surface area contributed by atoms with Crippen LogP contribution in [0.25, 0.3) is 0 Å². The van der Waals surface area contributed by atoms with Crippen LogP contribution in [-0.4, -0.2) is 34.5 Å². The molecule has 18 heavy (non-hydrogen) atoms. The standard InChI is InChI=1S/C13H21N3O.ClH/c1-4-16-9(2)7-12(10(16)3)13(17)15-6-5-11(14)8-15;/h7,11H,4-6,8,14H2,1-3H3;1H/t11-;/m1./s1. The molecule has 0 aliphatic carbocycles. The molecular weight excluding hydrogens is 250 g/mol. The van der Waals surface area contributed by atoms with Crippen LogP contribution in [0.1, 0.15) is 35.1 Å². The number of hydrogen-bond acceptors (Lipinski definition) is 2. The highest BCUT2D eigenvalue weighted by molar-refractivity contribution is 5.96. The van der Waals surface area contributed by atoms with Crippen molar-refractivity contribution in [3.63, 3.8) is 0 Å². The first-order valence-electron chi connectivity index (χ1n) is 6.26. The Balaban J connectivity index is 0.00000162. The van der Waals surface area contributed by atoms with Gasteiger partial charge >= 0.3 is 0 Å². The summed E-state index contributed by atoms with van der Waals surface area (Å²) in [4.78, 5) is 14.2. The molecule has 2 heterocycles. The first-order chi connectivity index (χ1) is 8.04. The van der Waals surface area contributed by atoms with E-state index in [0.29, 0.717) is 6.54 Å². The molecule has 102 valence electrons. The van der Waals surface area contributed by atoms with Crippen LogP contribution in [0.15, 0.2) is 6.07 Å². The number of rotatable bonds is 2. The molecule has 1 amide bonds. The molecule has 5 heteroatoms. The van der Waals surface area contributed by atoms with Crippen molar-refractivity contribution < 1.29 is 4.79 Å². The van der Waals surface area contributed by atoms with Gasteiger partial charge in [-0.3, -0.25) is 4.79 Å². The van der Waals surface area contributed by atoms with Crippen molar-refractivity contribution in [2.75, 3.05) is 13.1 Å². The van der Waals surface area contributed by atoms with Crippen LogP contribution in [-0.2, 0) is 6.54 Å². The molecule has 1 aliphatic heterocycles. The Morgan fingerprint density at radius 1 is 1.50 bits per heavy atom. The number of nitrogens with zero attached hydrogens (tertiary/aromatic N) is 2. The number of carbonyl (C=O) groups is 1. The molecule has 2 rings (SSSR count). The maximum atomic E-state index is 12.4. The first kappa shape index (κ1) is 15.1. The van der Waals surface area contributed by atoms with E-state index in [9.17, 15) is 4.79 Å². The first-order valence-corrected chi connectivity index (χ1v) is 6.26. The highest BCUT2D eigenvalue weighted by atomic mass is 35.5. The van der Waals surface area contributed by atoms with Gasteiger partial charge in [0, 0.05) is 37.1 Å². The molecule has 1 aromatic heterocycles. The van der Waals surface area contributed by atoms with Crippen LogP contribution < -0.4 is 5.73 Å². The number of likely N-dealkylation sites (tertiary alicyclic amines) is 1. The fourth-order valence-corrected chi connectivity index (χ4v) is 2.65. The fraction of sp³-hybridized carbons (Fsp3) is 0.615. The van der Waals surface area contributed by atoms with Gasteiger partial charge in [0.05, 0.1) is 5.56 Å². The molecule has 0 saturated carbocycles. The molecule has 1 fully saturated rings. The predicted molar refractivity (Wildman–Crippen MR) is 75.3 cm³/mol. The smallest absolute Gasteiger partial charge is 0.255 e. The molecule has 1 aliphatic rings. The lowest BCUT2D eigenvalue weighted by Gasteiger charge is -2.15. The Morgan fingerprint density at radius 2 is 2.17 bits per heavy atom. The molecule has 0 unspecified atom stereocenters. The molecule has 0 bridgehead atoms. The Morgan fingerprint density at radius 3 is 2.61 bits per heavy atom. The maximum Gasteiger partial charge on any atom is 0.255 e. The summed E-state index contributed by atoms with van der Waals surface area (Å²) in [6.45, 7) is 8.54. The number of hydrogen-bond donors (Lipinski definition) is 1. The molecule has 0 spiro atoms. The van der Waals surface area contributed by atoms with Crippen LogP contribution in [0.5, 0.6) is 0 Å². The Bertz CT molecular complexity index is 442. The van der Waals surface area contributed by atoms with Gasteiger partial charge in [0.15, 0.2) is 0 Å². The minimum atomic E-state index is 0. The van der Waals surface area contributed by atoms with Crippen LogP contribution in [0, 0.1) is 13.8 Å². The van der Waals surface area contributed by atoms with Gasteiger partial charge in [-0.1, -0.05) is 0 Å². The Labute approximate surface area is 115 Å². The van der Waals surface area contributed by atoms with Gasteiger partial charge < -0.3 is 15.2 Å². The van der Waals surface area contributed by atoms with Crippen LogP contribution in [0.3, 0.4) is 0 Å². The zero-order chi connectivity index (χ0) is 12.6. The second-order valence-electron chi connectivity index (χ2n) is 4.83. The summed E-state index contributed by atoms with van der Waals surface area (Å²) in [7, 11) is 0. The zero-order valence-electron chi connectivity index (χ0n) is 11.3. The maximum absolute atomic E-state index is 12.4. The lowest BCUT2D eigenvalue weighted by atomic mass is 10.2. The summed E-state index contributed by atoms with van der Waals surface area (Å²) >= 11 is 0. The number of nitrogens with two attached hydrogens (primary N) is 1. The minimum Gasteiger partial charge on any atom is -0.349 e. The number of aryl methyl sites for hydroxylation is 1.